The first-order chi connectivity index (χ1) is 9.32. The van der Waals surface area contributed by atoms with Crippen LogP contribution in [0.15, 0.2) is 18.2 Å². The summed E-state index contributed by atoms with van der Waals surface area (Å²) in [5, 5.41) is 9.32. The van der Waals surface area contributed by atoms with E-state index in [9.17, 15) is 14.7 Å². The van der Waals surface area contributed by atoms with Crippen molar-refractivity contribution in [1.29, 1.82) is 0 Å². The minimum absolute atomic E-state index is 0.0484. The maximum atomic E-state index is 12.2. The van der Waals surface area contributed by atoms with Gasteiger partial charge in [0.15, 0.2) is 0 Å². The molecule has 0 aromatic heterocycles. The molecule has 0 spiro atoms. The molecule has 1 aromatic carbocycles. The molecule has 0 radical (unpaired) electrons. The Balaban J connectivity index is 3.13. The van der Waals surface area contributed by atoms with E-state index in [0.717, 1.165) is 12.8 Å². The van der Waals surface area contributed by atoms with E-state index in [2.05, 4.69) is 0 Å². The van der Waals surface area contributed by atoms with Crippen LogP contribution in [0.2, 0.25) is 0 Å². The van der Waals surface area contributed by atoms with Crippen molar-refractivity contribution in [3.63, 3.8) is 0 Å². The molecule has 0 saturated carbocycles. The number of hydrogen-bond donors (Lipinski definition) is 1. The van der Waals surface area contributed by atoms with Gasteiger partial charge in [0.25, 0.3) is 0 Å². The van der Waals surface area contributed by atoms with Crippen molar-refractivity contribution < 1.29 is 19.4 Å². The van der Waals surface area contributed by atoms with Crippen molar-refractivity contribution in [2.45, 2.75) is 52.6 Å². The lowest BCUT2D eigenvalue weighted by Gasteiger charge is -2.25. The van der Waals surface area contributed by atoms with E-state index in [-0.39, 0.29) is 11.1 Å². The van der Waals surface area contributed by atoms with Crippen molar-refractivity contribution >= 4 is 11.9 Å². The first-order valence-electron chi connectivity index (χ1n) is 6.91. The van der Waals surface area contributed by atoms with Crippen LogP contribution in [0.1, 0.15) is 66.8 Å². The van der Waals surface area contributed by atoms with E-state index in [1.807, 2.05) is 27.7 Å². The van der Waals surface area contributed by atoms with Gasteiger partial charge in [-0.15, -0.1) is 0 Å². The zero-order chi connectivity index (χ0) is 15.3. The number of aryl methyl sites for hydroxylation is 1. The van der Waals surface area contributed by atoms with Crippen LogP contribution in [-0.2, 0) is 11.2 Å². The number of benzene rings is 1. The zero-order valence-electron chi connectivity index (χ0n) is 12.5. The Labute approximate surface area is 119 Å². The predicted molar refractivity (Wildman–Crippen MR) is 77.2 cm³/mol. The third-order valence-corrected chi connectivity index (χ3v) is 3.19. The van der Waals surface area contributed by atoms with Crippen molar-refractivity contribution in [3.8, 4) is 0 Å². The Hall–Kier alpha value is -1.84. The largest absolute Gasteiger partial charge is 0.478 e. The van der Waals surface area contributed by atoms with Gasteiger partial charge in [0.2, 0.25) is 0 Å². The van der Waals surface area contributed by atoms with E-state index in [0.29, 0.717) is 12.0 Å². The van der Waals surface area contributed by atoms with Gasteiger partial charge in [-0.3, -0.25) is 0 Å². The highest BCUT2D eigenvalue weighted by Crippen LogP contribution is 2.22. The van der Waals surface area contributed by atoms with Gasteiger partial charge >= 0.3 is 11.9 Å². The topological polar surface area (TPSA) is 63.6 Å². The summed E-state index contributed by atoms with van der Waals surface area (Å²) >= 11 is 0. The average molecular weight is 278 g/mol. The molecule has 0 aliphatic rings. The number of carboxylic acids is 1. The van der Waals surface area contributed by atoms with Crippen LogP contribution in [0, 0.1) is 0 Å². The van der Waals surface area contributed by atoms with Crippen LogP contribution in [0.3, 0.4) is 0 Å². The highest BCUT2D eigenvalue weighted by molar-refractivity contribution is 6.03. The van der Waals surface area contributed by atoms with Crippen LogP contribution in [0.4, 0.5) is 0 Å². The van der Waals surface area contributed by atoms with Gasteiger partial charge in [0.1, 0.15) is 5.60 Å². The third kappa shape index (κ3) is 3.83. The molecule has 1 aromatic rings. The van der Waals surface area contributed by atoms with Gasteiger partial charge in [0, 0.05) is 0 Å². The number of rotatable bonds is 6. The molecule has 0 amide bonds. The highest BCUT2D eigenvalue weighted by atomic mass is 16.6. The van der Waals surface area contributed by atoms with Crippen molar-refractivity contribution in [1.82, 2.24) is 0 Å². The second kappa shape index (κ2) is 6.55. The number of hydrogen-bond acceptors (Lipinski definition) is 3. The summed E-state index contributed by atoms with van der Waals surface area (Å²) in [6.07, 6.45) is 2.18. The van der Waals surface area contributed by atoms with Crippen LogP contribution < -0.4 is 0 Å². The SMILES string of the molecule is CCCC(C)(C)OC(=O)c1cccc(CC)c1C(=O)O. The van der Waals surface area contributed by atoms with E-state index >= 15 is 0 Å². The van der Waals surface area contributed by atoms with Gasteiger partial charge in [-0.25, -0.2) is 9.59 Å². The van der Waals surface area contributed by atoms with Gasteiger partial charge in [-0.05, 0) is 38.3 Å². The van der Waals surface area contributed by atoms with Gasteiger partial charge in [-0.2, -0.15) is 0 Å². The minimum Gasteiger partial charge on any atom is -0.478 e. The summed E-state index contributed by atoms with van der Waals surface area (Å²) in [6, 6.07) is 4.92. The highest BCUT2D eigenvalue weighted by Gasteiger charge is 2.26. The first-order valence-corrected chi connectivity index (χ1v) is 6.91. The van der Waals surface area contributed by atoms with Gasteiger partial charge in [0.05, 0.1) is 11.1 Å². The Morgan fingerprint density at radius 3 is 2.40 bits per heavy atom. The Morgan fingerprint density at radius 1 is 1.25 bits per heavy atom. The number of carboxylic acid groups (broad SMARTS) is 1. The molecular weight excluding hydrogens is 256 g/mol. The molecule has 1 N–H and O–H groups in total. The minimum atomic E-state index is -1.09. The third-order valence-electron chi connectivity index (χ3n) is 3.19. The molecule has 0 atom stereocenters. The molecule has 4 heteroatoms. The van der Waals surface area contributed by atoms with E-state index in [1.54, 1.807) is 12.1 Å². The standard InChI is InChI=1S/C16H22O4/c1-5-10-16(3,4)20-15(19)12-9-7-8-11(6-2)13(12)14(17)18/h7-9H,5-6,10H2,1-4H3,(H,17,18). The maximum Gasteiger partial charge on any atom is 0.339 e. The number of carbonyl (C=O) groups excluding carboxylic acids is 1. The molecule has 20 heavy (non-hydrogen) atoms. The number of aromatic carboxylic acids is 1. The Morgan fingerprint density at radius 2 is 1.90 bits per heavy atom. The van der Waals surface area contributed by atoms with Crippen LogP contribution in [-0.4, -0.2) is 22.6 Å². The molecule has 0 fully saturated rings. The van der Waals surface area contributed by atoms with Crippen molar-refractivity contribution in [2.75, 3.05) is 0 Å². The average Bonchev–Trinajstić information content (AvgIpc) is 2.36. The number of ether oxygens (including phenoxy) is 1. The van der Waals surface area contributed by atoms with Gasteiger partial charge in [-0.1, -0.05) is 32.4 Å². The lowest BCUT2D eigenvalue weighted by Crippen LogP contribution is -2.29. The lowest BCUT2D eigenvalue weighted by atomic mass is 9.98. The summed E-state index contributed by atoms with van der Waals surface area (Å²) < 4.78 is 5.45. The lowest BCUT2D eigenvalue weighted by molar-refractivity contribution is -0.00503. The van der Waals surface area contributed by atoms with Crippen molar-refractivity contribution in [2.24, 2.45) is 0 Å². The van der Waals surface area contributed by atoms with Crippen molar-refractivity contribution in [3.05, 3.63) is 34.9 Å². The monoisotopic (exact) mass is 278 g/mol. The van der Waals surface area contributed by atoms with Crippen LogP contribution >= 0.6 is 0 Å². The molecule has 0 saturated heterocycles. The predicted octanol–water partition coefficient (Wildman–Crippen LogP) is 3.68. The molecular formula is C16H22O4. The smallest absolute Gasteiger partial charge is 0.339 e. The summed E-state index contributed by atoms with van der Waals surface area (Å²) in [6.45, 7) is 7.53. The molecule has 0 unspecified atom stereocenters. The summed E-state index contributed by atoms with van der Waals surface area (Å²) in [5.74, 6) is -1.67. The molecule has 0 bridgehead atoms. The van der Waals surface area contributed by atoms with E-state index in [4.69, 9.17) is 4.74 Å². The molecule has 110 valence electrons. The van der Waals surface area contributed by atoms with E-state index < -0.39 is 17.5 Å². The molecule has 0 aliphatic carbocycles. The number of carbonyl (C=O) groups is 2. The fourth-order valence-electron chi connectivity index (χ4n) is 2.28. The Bertz CT molecular complexity index is 503. The van der Waals surface area contributed by atoms with Crippen LogP contribution in [0.25, 0.3) is 0 Å². The summed E-state index contributed by atoms with van der Waals surface area (Å²) in [7, 11) is 0. The molecule has 4 nitrogen and oxygen atoms in total. The summed E-state index contributed by atoms with van der Waals surface area (Å²) in [5.41, 5.74) is 0.220. The second-order valence-corrected chi connectivity index (χ2v) is 5.40. The Kier molecular flexibility index (Phi) is 5.31. The van der Waals surface area contributed by atoms with Gasteiger partial charge < -0.3 is 9.84 Å². The quantitative estimate of drug-likeness (QED) is 0.806. The molecule has 0 aliphatic heterocycles. The second-order valence-electron chi connectivity index (χ2n) is 5.40. The maximum absolute atomic E-state index is 12.2. The van der Waals surface area contributed by atoms with E-state index in [1.165, 1.54) is 6.07 Å². The normalized spacial score (nSPS) is 11.2. The fourth-order valence-corrected chi connectivity index (χ4v) is 2.28. The van der Waals surface area contributed by atoms with Crippen LogP contribution in [0.5, 0.6) is 0 Å². The summed E-state index contributed by atoms with van der Waals surface area (Å²) in [4.78, 5) is 23.6. The number of esters is 1. The molecule has 1 rings (SSSR count). The first kappa shape index (κ1) is 16.2. The zero-order valence-corrected chi connectivity index (χ0v) is 12.5. The molecule has 0 heterocycles. The fraction of sp³-hybridized carbons (Fsp3) is 0.500.